The molecule has 0 spiro atoms. The maximum atomic E-state index is 13.0. The van der Waals surface area contributed by atoms with Crippen LogP contribution in [0.15, 0.2) is 77.7 Å². The van der Waals surface area contributed by atoms with Crippen molar-refractivity contribution < 1.29 is 26.9 Å². The fourth-order valence-corrected chi connectivity index (χ4v) is 4.42. The van der Waals surface area contributed by atoms with Crippen molar-refractivity contribution in [2.45, 2.75) is 30.3 Å². The molecule has 0 aliphatic heterocycles. The molecule has 1 aliphatic carbocycles. The molecule has 0 unspecified atom stereocenters. The number of rotatable bonds is 9. The summed E-state index contributed by atoms with van der Waals surface area (Å²) in [6.07, 6.45) is 1.84. The van der Waals surface area contributed by atoms with Gasteiger partial charge in [-0.3, -0.25) is 0 Å². The summed E-state index contributed by atoms with van der Waals surface area (Å²) < 4.78 is 41.1. The van der Waals surface area contributed by atoms with Crippen molar-refractivity contribution in [3.63, 3.8) is 0 Å². The summed E-state index contributed by atoms with van der Waals surface area (Å²) in [6.45, 7) is 0.311. The Bertz CT molecular complexity index is 1260. The molecular weight excluding hydrogens is 456 g/mol. The molecule has 1 aliphatic rings. The van der Waals surface area contributed by atoms with Crippen LogP contribution in [0.3, 0.4) is 0 Å². The lowest BCUT2D eigenvalue weighted by Gasteiger charge is -2.24. The van der Waals surface area contributed by atoms with Gasteiger partial charge in [0, 0.05) is 12.6 Å². The minimum Gasteiger partial charge on any atom is -0.497 e. The van der Waals surface area contributed by atoms with Crippen LogP contribution in [-0.4, -0.2) is 39.6 Å². The van der Waals surface area contributed by atoms with Gasteiger partial charge in [-0.2, -0.15) is 8.42 Å². The van der Waals surface area contributed by atoms with Crippen LogP contribution in [0.2, 0.25) is 0 Å². The number of urea groups is 1. The van der Waals surface area contributed by atoms with Gasteiger partial charge in [-0.1, -0.05) is 24.3 Å². The molecule has 4 rings (SSSR count). The molecule has 0 saturated heterocycles. The van der Waals surface area contributed by atoms with Crippen molar-refractivity contribution in [2.24, 2.45) is 0 Å². The zero-order valence-corrected chi connectivity index (χ0v) is 19.7. The summed E-state index contributed by atoms with van der Waals surface area (Å²) >= 11 is 0. The third-order valence-corrected chi connectivity index (χ3v) is 6.66. The Morgan fingerprint density at radius 3 is 2.35 bits per heavy atom. The summed E-state index contributed by atoms with van der Waals surface area (Å²) in [5, 5.41) is 2.91. The van der Waals surface area contributed by atoms with E-state index < -0.39 is 10.1 Å². The summed E-state index contributed by atoms with van der Waals surface area (Å²) in [4.78, 5) is 14.8. The molecule has 0 atom stereocenters. The van der Waals surface area contributed by atoms with Crippen molar-refractivity contribution >= 4 is 21.8 Å². The molecule has 178 valence electrons. The molecule has 0 radical (unpaired) electrons. The van der Waals surface area contributed by atoms with Crippen LogP contribution in [0.4, 0.5) is 10.5 Å². The van der Waals surface area contributed by atoms with Crippen molar-refractivity contribution in [1.82, 2.24) is 4.90 Å². The third kappa shape index (κ3) is 5.60. The minimum atomic E-state index is -4.01. The van der Waals surface area contributed by atoms with Crippen molar-refractivity contribution in [3.8, 4) is 17.2 Å². The zero-order chi connectivity index (χ0) is 24.1. The van der Waals surface area contributed by atoms with Gasteiger partial charge in [0.2, 0.25) is 0 Å². The number of hydrogen-bond acceptors (Lipinski definition) is 6. The average Bonchev–Trinajstić information content (AvgIpc) is 3.68. The number of nitrogens with one attached hydrogen (secondary N) is 1. The van der Waals surface area contributed by atoms with Crippen LogP contribution in [0.1, 0.15) is 18.4 Å². The number of methoxy groups -OCH3 is 2. The van der Waals surface area contributed by atoms with E-state index >= 15 is 0 Å². The van der Waals surface area contributed by atoms with E-state index in [9.17, 15) is 13.2 Å². The quantitative estimate of drug-likeness (QED) is 0.446. The predicted octanol–water partition coefficient (Wildman–Crippen LogP) is 4.67. The lowest BCUT2D eigenvalue weighted by molar-refractivity contribution is 0.206. The average molecular weight is 483 g/mol. The molecular formula is C25H26N2O6S. The number of hydrogen-bond donors (Lipinski definition) is 1. The van der Waals surface area contributed by atoms with E-state index in [4.69, 9.17) is 13.7 Å². The van der Waals surface area contributed by atoms with E-state index in [0.29, 0.717) is 23.7 Å². The Kier molecular flexibility index (Phi) is 6.93. The first-order valence-electron chi connectivity index (χ1n) is 10.8. The summed E-state index contributed by atoms with van der Waals surface area (Å²) in [5.74, 6) is 1.30. The molecule has 0 bridgehead atoms. The van der Waals surface area contributed by atoms with Gasteiger partial charge in [0.05, 0.1) is 19.9 Å². The summed E-state index contributed by atoms with van der Waals surface area (Å²) in [7, 11) is -0.957. The van der Waals surface area contributed by atoms with E-state index in [1.54, 1.807) is 54.5 Å². The maximum Gasteiger partial charge on any atom is 0.339 e. The smallest absolute Gasteiger partial charge is 0.339 e. The minimum absolute atomic E-state index is 0.0227. The number of carbonyl (C=O) groups excluding carboxylic acids is 1. The Morgan fingerprint density at radius 1 is 0.941 bits per heavy atom. The van der Waals surface area contributed by atoms with Crippen molar-refractivity contribution in [1.29, 1.82) is 0 Å². The Balaban J connectivity index is 1.48. The fraction of sp³-hybridized carbons (Fsp3) is 0.240. The second kappa shape index (κ2) is 10.0. The number of benzene rings is 3. The first-order chi connectivity index (χ1) is 16.4. The van der Waals surface area contributed by atoms with Gasteiger partial charge in [-0.15, -0.1) is 0 Å². The predicted molar refractivity (Wildman–Crippen MR) is 128 cm³/mol. The third-order valence-electron chi connectivity index (χ3n) is 5.40. The van der Waals surface area contributed by atoms with Crippen LogP contribution in [0.25, 0.3) is 0 Å². The first kappa shape index (κ1) is 23.4. The molecule has 9 heteroatoms. The van der Waals surface area contributed by atoms with E-state index in [1.165, 1.54) is 19.2 Å². The van der Waals surface area contributed by atoms with Gasteiger partial charge in [0.15, 0.2) is 0 Å². The van der Waals surface area contributed by atoms with Gasteiger partial charge in [-0.25, -0.2) is 4.79 Å². The normalized spacial score (nSPS) is 13.1. The Morgan fingerprint density at radius 2 is 1.68 bits per heavy atom. The van der Waals surface area contributed by atoms with Crippen LogP contribution < -0.4 is 19.0 Å². The largest absolute Gasteiger partial charge is 0.497 e. The summed E-state index contributed by atoms with van der Waals surface area (Å²) in [6, 6.07) is 19.8. The maximum absolute atomic E-state index is 13.0. The number of carbonyl (C=O) groups is 1. The van der Waals surface area contributed by atoms with Gasteiger partial charge in [0.25, 0.3) is 0 Å². The molecule has 0 heterocycles. The highest BCUT2D eigenvalue weighted by atomic mass is 32.2. The molecule has 3 aromatic rings. The number of nitrogens with zero attached hydrogens (tertiary/aromatic N) is 1. The number of para-hydroxylation sites is 2. The van der Waals surface area contributed by atoms with E-state index in [2.05, 4.69) is 5.32 Å². The molecule has 1 N–H and O–H groups in total. The van der Waals surface area contributed by atoms with Crippen molar-refractivity contribution in [3.05, 3.63) is 78.4 Å². The van der Waals surface area contributed by atoms with Gasteiger partial charge in [-0.05, 0) is 66.9 Å². The number of ether oxygens (including phenoxy) is 2. The highest BCUT2D eigenvalue weighted by Gasteiger charge is 2.33. The first-order valence-corrected chi connectivity index (χ1v) is 12.2. The van der Waals surface area contributed by atoms with Crippen molar-refractivity contribution in [2.75, 3.05) is 19.5 Å². The van der Waals surface area contributed by atoms with Gasteiger partial charge in [0.1, 0.15) is 22.1 Å². The molecule has 3 aromatic carbocycles. The van der Waals surface area contributed by atoms with Crippen LogP contribution in [0.5, 0.6) is 17.2 Å². The van der Waals surface area contributed by atoms with E-state index in [0.717, 1.165) is 18.4 Å². The highest BCUT2D eigenvalue weighted by Crippen LogP contribution is 2.31. The van der Waals surface area contributed by atoms with E-state index in [1.807, 2.05) is 18.2 Å². The van der Waals surface area contributed by atoms with Crippen LogP contribution in [0, 0.1) is 0 Å². The van der Waals surface area contributed by atoms with Crippen LogP contribution in [-0.2, 0) is 16.7 Å². The molecule has 1 saturated carbocycles. The summed E-state index contributed by atoms with van der Waals surface area (Å²) in [5.41, 5.74) is 1.34. The van der Waals surface area contributed by atoms with Gasteiger partial charge < -0.3 is 23.9 Å². The highest BCUT2D eigenvalue weighted by molar-refractivity contribution is 7.87. The van der Waals surface area contributed by atoms with Gasteiger partial charge >= 0.3 is 16.1 Å². The fourth-order valence-electron chi connectivity index (χ4n) is 3.50. The molecule has 8 nitrogen and oxygen atoms in total. The second-order valence-electron chi connectivity index (χ2n) is 7.85. The van der Waals surface area contributed by atoms with E-state index in [-0.39, 0.29) is 22.7 Å². The zero-order valence-electron chi connectivity index (χ0n) is 18.9. The molecule has 2 amide bonds. The second-order valence-corrected chi connectivity index (χ2v) is 9.40. The lowest BCUT2D eigenvalue weighted by atomic mass is 10.2. The van der Waals surface area contributed by atoms with Crippen LogP contribution >= 0.6 is 0 Å². The topological polar surface area (TPSA) is 94.2 Å². The SMILES string of the molecule is COc1ccc(S(=O)(=O)Oc2cccc(CN(C(=O)Nc3ccccc3OC)C3CC3)c2)cc1. The molecule has 0 aromatic heterocycles. The number of amides is 2. The number of anilines is 1. The Labute approximate surface area is 199 Å². The molecule has 34 heavy (non-hydrogen) atoms. The lowest BCUT2D eigenvalue weighted by Crippen LogP contribution is -2.36. The molecule has 1 fully saturated rings. The monoisotopic (exact) mass is 482 g/mol. The Hall–Kier alpha value is -3.72. The standard InChI is InChI=1S/C25H26N2O6S/c1-31-20-12-14-22(15-13-20)34(29,30)33-21-7-5-6-18(16-21)17-27(19-10-11-19)25(28)26-23-8-3-4-9-24(23)32-2/h3-9,12-16,19H,10-11,17H2,1-2H3,(H,26,28).